The molecule has 0 aliphatic heterocycles. The van der Waals surface area contributed by atoms with Gasteiger partial charge in [0.25, 0.3) is 0 Å². The van der Waals surface area contributed by atoms with Crippen LogP contribution in [0.1, 0.15) is 116 Å². The monoisotopic (exact) mass is 580 g/mol. The Hall–Kier alpha value is -2.93. The number of fused-ring (bicyclic) bond motifs is 3. The third-order valence-corrected chi connectivity index (χ3v) is 10.4. The quantitative estimate of drug-likeness (QED) is 0.252. The maximum Gasteiger partial charge on any atom is 0.203 e. The van der Waals surface area contributed by atoms with E-state index >= 15 is 0 Å². The molecule has 7 heteroatoms. The van der Waals surface area contributed by atoms with Gasteiger partial charge >= 0.3 is 0 Å². The fourth-order valence-electron chi connectivity index (χ4n) is 8.62. The second-order valence-electron chi connectivity index (χ2n) is 14.4. The number of phenolic OH excluding ortho intramolecular Hbond substituents is 1. The molecule has 1 saturated carbocycles. The lowest BCUT2D eigenvalue weighted by Gasteiger charge is -2.60. The smallest absolute Gasteiger partial charge is 0.203 e. The Kier molecular flexibility index (Phi) is 8.12. The molecule has 0 bridgehead atoms. The van der Waals surface area contributed by atoms with Crippen LogP contribution in [0.15, 0.2) is 23.0 Å². The van der Waals surface area contributed by atoms with Crippen LogP contribution in [0.5, 0.6) is 5.75 Å². The van der Waals surface area contributed by atoms with Crippen LogP contribution in [0.25, 0.3) is 5.76 Å². The molecule has 0 amide bonds. The van der Waals surface area contributed by atoms with Crippen LogP contribution < -0.4 is 0 Å². The van der Waals surface area contributed by atoms with Gasteiger partial charge in [0.2, 0.25) is 5.78 Å². The molecular weight excluding hydrogens is 532 g/mol. The Labute approximate surface area is 249 Å². The number of ketones is 3. The maximum atomic E-state index is 14.5. The molecule has 4 N–H and O–H groups in total. The maximum absolute atomic E-state index is 14.5. The number of rotatable bonds is 8. The van der Waals surface area contributed by atoms with Gasteiger partial charge in [-0.3, -0.25) is 14.4 Å². The summed E-state index contributed by atoms with van der Waals surface area (Å²) in [5.41, 5.74) is -3.06. The first-order valence-corrected chi connectivity index (χ1v) is 15.5. The number of allylic oxidation sites excluding steroid dienone is 1. The van der Waals surface area contributed by atoms with Crippen LogP contribution in [0.2, 0.25) is 0 Å². The van der Waals surface area contributed by atoms with Gasteiger partial charge in [0, 0.05) is 22.3 Å². The molecule has 0 aromatic heterocycles. The van der Waals surface area contributed by atoms with Crippen molar-refractivity contribution in [1.82, 2.24) is 0 Å². The summed E-state index contributed by atoms with van der Waals surface area (Å²) >= 11 is 0. The van der Waals surface area contributed by atoms with Crippen molar-refractivity contribution in [3.63, 3.8) is 0 Å². The predicted molar refractivity (Wildman–Crippen MR) is 162 cm³/mol. The molecule has 0 saturated heterocycles. The first kappa shape index (κ1) is 32.0. The Bertz CT molecular complexity index is 1410. The molecule has 42 heavy (non-hydrogen) atoms. The average molecular weight is 581 g/mol. The lowest BCUT2D eigenvalue weighted by molar-refractivity contribution is -0.178. The lowest BCUT2D eigenvalue weighted by atomic mass is 9.43. The number of benzene rings is 1. The molecule has 5 atom stereocenters. The van der Waals surface area contributed by atoms with E-state index in [1.165, 1.54) is 0 Å². The molecule has 4 rings (SSSR count). The number of carbonyl (C=O) groups is 3. The highest BCUT2D eigenvalue weighted by Gasteiger charge is 2.72. The second-order valence-corrected chi connectivity index (χ2v) is 14.4. The molecule has 230 valence electrons. The summed E-state index contributed by atoms with van der Waals surface area (Å²) in [5.74, 6) is -4.39. The molecule has 0 heterocycles. The molecule has 0 radical (unpaired) electrons. The number of aliphatic hydroxyl groups excluding tert-OH is 2. The van der Waals surface area contributed by atoms with Crippen LogP contribution in [-0.4, -0.2) is 43.4 Å². The molecular formula is C35H48O7. The van der Waals surface area contributed by atoms with Gasteiger partial charge in [0.05, 0.1) is 5.56 Å². The minimum absolute atomic E-state index is 0.0682. The summed E-state index contributed by atoms with van der Waals surface area (Å²) in [6.45, 7) is 16.7. The Morgan fingerprint density at radius 1 is 1.05 bits per heavy atom. The zero-order valence-electron chi connectivity index (χ0n) is 26.6. The van der Waals surface area contributed by atoms with Crippen LogP contribution in [0.4, 0.5) is 0 Å². The van der Waals surface area contributed by atoms with Gasteiger partial charge in [-0.1, -0.05) is 74.3 Å². The number of carbonyl (C=O) groups excluding carboxylic acids is 3. The number of aryl methyl sites for hydroxylation is 1. The van der Waals surface area contributed by atoms with Crippen molar-refractivity contribution in [1.29, 1.82) is 0 Å². The lowest BCUT2D eigenvalue weighted by Crippen LogP contribution is -2.69. The van der Waals surface area contributed by atoms with E-state index in [0.717, 1.165) is 37.3 Å². The van der Waals surface area contributed by atoms with Gasteiger partial charge in [0.1, 0.15) is 22.8 Å². The number of aliphatic hydroxyl groups is 3. The Balaban J connectivity index is 2.01. The van der Waals surface area contributed by atoms with E-state index in [1.54, 1.807) is 20.8 Å². The van der Waals surface area contributed by atoms with E-state index < -0.39 is 56.8 Å². The third kappa shape index (κ3) is 4.37. The van der Waals surface area contributed by atoms with Crippen molar-refractivity contribution in [2.24, 2.45) is 28.6 Å². The number of Topliss-reactive ketones (excluding diaryl/α,β-unsaturated/α-hetero) is 3. The Morgan fingerprint density at radius 2 is 1.67 bits per heavy atom. The Morgan fingerprint density at radius 3 is 2.19 bits per heavy atom. The van der Waals surface area contributed by atoms with E-state index in [4.69, 9.17) is 0 Å². The fraction of sp³-hybridized carbons (Fsp3) is 0.629. The van der Waals surface area contributed by atoms with Crippen molar-refractivity contribution in [3.05, 3.63) is 45.2 Å². The van der Waals surface area contributed by atoms with Crippen molar-refractivity contribution >= 4 is 23.1 Å². The zero-order chi connectivity index (χ0) is 31.7. The van der Waals surface area contributed by atoms with E-state index in [9.17, 15) is 34.8 Å². The van der Waals surface area contributed by atoms with Gasteiger partial charge in [-0.05, 0) is 67.1 Å². The molecule has 7 nitrogen and oxygen atoms in total. The molecule has 0 spiro atoms. The van der Waals surface area contributed by atoms with E-state index in [0.29, 0.717) is 24.3 Å². The van der Waals surface area contributed by atoms with Crippen LogP contribution in [0, 0.1) is 28.6 Å². The SMILES string of the molecule is CCCC(C)CCc1cc(C(C)C)c2c(c1O)C(O)=C1C(=O)[C@@]3(O)C(O)=C(C(C)=O)C(=O)C(C(C)C)[C@@]3(C)C[C@@]1(C)C2. The van der Waals surface area contributed by atoms with E-state index in [1.807, 2.05) is 13.0 Å². The van der Waals surface area contributed by atoms with Gasteiger partial charge < -0.3 is 20.4 Å². The zero-order valence-corrected chi connectivity index (χ0v) is 26.6. The highest BCUT2D eigenvalue weighted by Crippen LogP contribution is 2.65. The summed E-state index contributed by atoms with van der Waals surface area (Å²) in [7, 11) is 0. The molecule has 1 fully saturated rings. The standard InChI is InChI=1S/C35H48O7/c1-10-11-19(6)12-13-21-14-22(17(2)3)23-15-33(8)16-34(9)26(18(4)5)29(38)24(20(7)36)31(40)35(34,42)32(41)27(33)30(39)25(23)28(21)37/h14,17-19,26,37,39-40,42H,10-13,15-16H2,1-9H3/t19?,26?,33-,34-,35+/m1/s1. The highest BCUT2D eigenvalue weighted by atomic mass is 16.3. The number of hydrogen-bond acceptors (Lipinski definition) is 7. The van der Waals surface area contributed by atoms with Crippen molar-refractivity contribution in [2.45, 2.75) is 112 Å². The molecule has 2 unspecified atom stereocenters. The van der Waals surface area contributed by atoms with Gasteiger partial charge in [-0.15, -0.1) is 0 Å². The predicted octanol–water partition coefficient (Wildman–Crippen LogP) is 6.68. The van der Waals surface area contributed by atoms with Gasteiger partial charge in [-0.2, -0.15) is 0 Å². The van der Waals surface area contributed by atoms with Crippen LogP contribution >= 0.6 is 0 Å². The number of hydrogen-bond donors (Lipinski definition) is 4. The fourth-order valence-corrected chi connectivity index (χ4v) is 8.62. The summed E-state index contributed by atoms with van der Waals surface area (Å²) in [6, 6.07) is 2.02. The minimum atomic E-state index is -2.60. The topological polar surface area (TPSA) is 132 Å². The second kappa shape index (κ2) is 10.7. The van der Waals surface area contributed by atoms with Gasteiger partial charge in [-0.25, -0.2) is 0 Å². The summed E-state index contributed by atoms with van der Waals surface area (Å²) in [4.78, 5) is 40.8. The number of aromatic hydroxyl groups is 1. The summed E-state index contributed by atoms with van der Waals surface area (Å²) < 4.78 is 0. The first-order chi connectivity index (χ1) is 19.4. The van der Waals surface area contributed by atoms with Crippen molar-refractivity contribution < 1.29 is 34.8 Å². The molecule has 1 aromatic rings. The first-order valence-electron chi connectivity index (χ1n) is 15.5. The van der Waals surface area contributed by atoms with E-state index in [2.05, 4.69) is 27.7 Å². The minimum Gasteiger partial charge on any atom is -0.508 e. The van der Waals surface area contributed by atoms with Crippen molar-refractivity contribution in [2.75, 3.05) is 0 Å². The van der Waals surface area contributed by atoms with E-state index in [-0.39, 0.29) is 35.1 Å². The molecule has 1 aromatic carbocycles. The van der Waals surface area contributed by atoms with Crippen molar-refractivity contribution in [3.8, 4) is 5.75 Å². The third-order valence-electron chi connectivity index (χ3n) is 10.4. The summed E-state index contributed by atoms with van der Waals surface area (Å²) in [5, 5.41) is 47.1. The largest absolute Gasteiger partial charge is 0.508 e. The van der Waals surface area contributed by atoms with Crippen LogP contribution in [-0.2, 0) is 27.2 Å². The van der Waals surface area contributed by atoms with Gasteiger partial charge in [0.15, 0.2) is 17.2 Å². The molecule has 3 aliphatic rings. The normalized spacial score (nSPS) is 30.0. The average Bonchev–Trinajstić information content (AvgIpc) is 2.85. The molecule has 3 aliphatic carbocycles. The summed E-state index contributed by atoms with van der Waals surface area (Å²) in [6.07, 6.45) is 4.01. The number of phenols is 1. The van der Waals surface area contributed by atoms with Crippen LogP contribution in [0.3, 0.4) is 0 Å². The highest BCUT2D eigenvalue weighted by molar-refractivity contribution is 6.24.